The molecule has 1 aromatic heterocycles. The first-order valence-electron chi connectivity index (χ1n) is 9.10. The highest BCUT2D eigenvalue weighted by Gasteiger charge is 2.15. The highest BCUT2D eigenvalue weighted by Crippen LogP contribution is 2.34. The van der Waals surface area contributed by atoms with E-state index in [1.807, 2.05) is 18.2 Å². The fourth-order valence-electron chi connectivity index (χ4n) is 2.81. The van der Waals surface area contributed by atoms with Crippen LogP contribution < -0.4 is 24.3 Å². The van der Waals surface area contributed by atoms with Crippen molar-refractivity contribution in [3.63, 3.8) is 0 Å². The molecule has 29 heavy (non-hydrogen) atoms. The van der Waals surface area contributed by atoms with Crippen molar-refractivity contribution < 1.29 is 28.3 Å². The Labute approximate surface area is 167 Å². The van der Waals surface area contributed by atoms with Crippen LogP contribution >= 0.6 is 0 Å². The molecule has 0 fully saturated rings. The van der Waals surface area contributed by atoms with Gasteiger partial charge in [0.1, 0.15) is 30.4 Å². The molecule has 0 spiro atoms. The largest absolute Gasteiger partial charge is 0.497 e. The molecule has 1 aliphatic rings. The number of benzene rings is 2. The van der Waals surface area contributed by atoms with Crippen LogP contribution in [0.2, 0.25) is 0 Å². The lowest BCUT2D eigenvalue weighted by Crippen LogP contribution is -2.28. The van der Waals surface area contributed by atoms with Crippen molar-refractivity contribution in [2.75, 3.05) is 26.9 Å². The summed E-state index contributed by atoms with van der Waals surface area (Å²) in [6, 6.07) is 14.4. The Hall–Kier alpha value is -3.68. The molecule has 1 amide bonds. The summed E-state index contributed by atoms with van der Waals surface area (Å²) in [5.74, 6) is 2.92. The Balaban J connectivity index is 1.30. The van der Waals surface area contributed by atoms with E-state index in [-0.39, 0.29) is 19.1 Å². The number of nitrogens with one attached hydrogen (secondary N) is 1. The van der Waals surface area contributed by atoms with Crippen molar-refractivity contribution >= 4 is 5.91 Å². The van der Waals surface area contributed by atoms with Gasteiger partial charge in [-0.3, -0.25) is 4.79 Å². The number of hydrogen-bond donors (Lipinski definition) is 1. The van der Waals surface area contributed by atoms with Gasteiger partial charge >= 0.3 is 0 Å². The fourth-order valence-corrected chi connectivity index (χ4v) is 2.81. The Morgan fingerprint density at radius 1 is 1.07 bits per heavy atom. The van der Waals surface area contributed by atoms with Crippen LogP contribution in [-0.2, 0) is 11.3 Å². The third-order valence-electron chi connectivity index (χ3n) is 4.26. The van der Waals surface area contributed by atoms with Gasteiger partial charge in [0.15, 0.2) is 23.9 Å². The summed E-state index contributed by atoms with van der Waals surface area (Å²) in [5, 5.41) is 6.75. The Morgan fingerprint density at radius 3 is 2.76 bits per heavy atom. The molecule has 8 nitrogen and oxygen atoms in total. The molecule has 1 aliphatic heterocycles. The number of fused-ring (bicyclic) bond motifs is 1. The van der Waals surface area contributed by atoms with Gasteiger partial charge in [-0.25, -0.2) is 0 Å². The number of nitrogens with zero attached hydrogens (tertiary/aromatic N) is 1. The maximum Gasteiger partial charge on any atom is 0.258 e. The molecule has 0 saturated carbocycles. The van der Waals surface area contributed by atoms with Crippen LogP contribution in [0.15, 0.2) is 53.1 Å². The van der Waals surface area contributed by atoms with Crippen molar-refractivity contribution in [1.29, 1.82) is 0 Å². The average molecular weight is 396 g/mol. The summed E-state index contributed by atoms with van der Waals surface area (Å²) in [6.45, 7) is 1.18. The van der Waals surface area contributed by atoms with E-state index in [0.717, 1.165) is 5.56 Å². The quantitative estimate of drug-likeness (QED) is 0.656. The highest BCUT2D eigenvalue weighted by atomic mass is 16.6. The van der Waals surface area contributed by atoms with E-state index in [9.17, 15) is 4.79 Å². The Morgan fingerprint density at radius 2 is 1.90 bits per heavy atom. The summed E-state index contributed by atoms with van der Waals surface area (Å²) in [6.07, 6.45) is 0. The lowest BCUT2D eigenvalue weighted by atomic mass is 10.1. The number of carbonyl (C=O) groups is 1. The van der Waals surface area contributed by atoms with Gasteiger partial charge in [0.25, 0.3) is 5.91 Å². The predicted octanol–water partition coefficient (Wildman–Crippen LogP) is 2.82. The maximum absolute atomic E-state index is 12.0. The molecule has 0 radical (unpaired) electrons. The molecule has 150 valence electrons. The summed E-state index contributed by atoms with van der Waals surface area (Å²) in [7, 11) is 1.57. The first kappa shape index (κ1) is 18.7. The summed E-state index contributed by atoms with van der Waals surface area (Å²) in [4.78, 5) is 12.0. The van der Waals surface area contributed by atoms with Crippen molar-refractivity contribution in [3.8, 4) is 34.3 Å². The molecule has 4 rings (SSSR count). The van der Waals surface area contributed by atoms with Crippen LogP contribution in [0.25, 0.3) is 11.3 Å². The van der Waals surface area contributed by atoms with Gasteiger partial charge in [0, 0.05) is 17.7 Å². The second-order valence-corrected chi connectivity index (χ2v) is 6.29. The van der Waals surface area contributed by atoms with Crippen LogP contribution in [0.3, 0.4) is 0 Å². The summed E-state index contributed by atoms with van der Waals surface area (Å²) in [5.41, 5.74) is 1.42. The van der Waals surface area contributed by atoms with E-state index >= 15 is 0 Å². The van der Waals surface area contributed by atoms with Gasteiger partial charge < -0.3 is 28.8 Å². The molecule has 0 unspecified atom stereocenters. The molecular weight excluding hydrogens is 376 g/mol. The normalized spacial score (nSPS) is 12.3. The van der Waals surface area contributed by atoms with E-state index in [1.54, 1.807) is 37.4 Å². The minimum atomic E-state index is -0.267. The van der Waals surface area contributed by atoms with E-state index in [1.165, 1.54) is 0 Å². The van der Waals surface area contributed by atoms with E-state index in [0.29, 0.717) is 47.7 Å². The third-order valence-corrected chi connectivity index (χ3v) is 4.26. The van der Waals surface area contributed by atoms with Gasteiger partial charge in [-0.2, -0.15) is 0 Å². The molecule has 2 aromatic carbocycles. The lowest BCUT2D eigenvalue weighted by Gasteiger charge is -2.18. The van der Waals surface area contributed by atoms with E-state index in [4.69, 9.17) is 23.5 Å². The number of ether oxygens (including phenoxy) is 4. The molecule has 0 atom stereocenters. The van der Waals surface area contributed by atoms with Crippen LogP contribution in [-0.4, -0.2) is 38.0 Å². The monoisotopic (exact) mass is 396 g/mol. The zero-order chi connectivity index (χ0) is 20.1. The average Bonchev–Trinajstić information content (AvgIpc) is 3.25. The van der Waals surface area contributed by atoms with E-state index < -0.39 is 0 Å². The SMILES string of the molecule is COc1cccc(OCC(=O)NCc2cc(-c3ccc4c(c3)OCCO4)on2)c1. The van der Waals surface area contributed by atoms with Gasteiger partial charge in [-0.15, -0.1) is 0 Å². The number of rotatable bonds is 7. The molecule has 0 bridgehead atoms. The smallest absolute Gasteiger partial charge is 0.258 e. The molecule has 1 N–H and O–H groups in total. The molecule has 2 heterocycles. The van der Waals surface area contributed by atoms with Gasteiger partial charge in [0.05, 0.1) is 13.7 Å². The molecule has 3 aromatic rings. The second-order valence-electron chi connectivity index (χ2n) is 6.29. The minimum absolute atomic E-state index is 0.111. The number of hydrogen-bond acceptors (Lipinski definition) is 7. The van der Waals surface area contributed by atoms with Crippen molar-refractivity contribution in [2.45, 2.75) is 6.54 Å². The maximum atomic E-state index is 12.0. The van der Waals surface area contributed by atoms with Gasteiger partial charge in [0.2, 0.25) is 0 Å². The fraction of sp³-hybridized carbons (Fsp3) is 0.238. The zero-order valence-corrected chi connectivity index (χ0v) is 15.8. The Kier molecular flexibility index (Phi) is 5.51. The van der Waals surface area contributed by atoms with Gasteiger partial charge in [-0.1, -0.05) is 11.2 Å². The van der Waals surface area contributed by atoms with Crippen LogP contribution in [0.4, 0.5) is 0 Å². The summed E-state index contributed by atoms with van der Waals surface area (Å²) < 4.78 is 27.1. The number of methoxy groups -OCH3 is 1. The third kappa shape index (κ3) is 4.60. The number of aromatic nitrogens is 1. The van der Waals surface area contributed by atoms with Crippen LogP contribution in [0.1, 0.15) is 5.69 Å². The summed E-state index contributed by atoms with van der Waals surface area (Å²) >= 11 is 0. The Bertz CT molecular complexity index is 1000. The first-order chi connectivity index (χ1) is 14.2. The number of carbonyl (C=O) groups excluding carboxylic acids is 1. The van der Waals surface area contributed by atoms with E-state index in [2.05, 4.69) is 10.5 Å². The predicted molar refractivity (Wildman–Crippen MR) is 103 cm³/mol. The highest BCUT2D eigenvalue weighted by molar-refractivity contribution is 5.77. The first-order valence-corrected chi connectivity index (χ1v) is 9.10. The van der Waals surface area contributed by atoms with Crippen molar-refractivity contribution in [2.24, 2.45) is 0 Å². The molecule has 0 aliphatic carbocycles. The minimum Gasteiger partial charge on any atom is -0.497 e. The van der Waals surface area contributed by atoms with Gasteiger partial charge in [-0.05, 0) is 30.3 Å². The zero-order valence-electron chi connectivity index (χ0n) is 15.8. The van der Waals surface area contributed by atoms with Crippen molar-refractivity contribution in [3.05, 3.63) is 54.2 Å². The van der Waals surface area contributed by atoms with Crippen LogP contribution in [0, 0.1) is 0 Å². The van der Waals surface area contributed by atoms with Crippen LogP contribution in [0.5, 0.6) is 23.0 Å². The molecule has 0 saturated heterocycles. The second kappa shape index (κ2) is 8.55. The lowest BCUT2D eigenvalue weighted by molar-refractivity contribution is -0.123. The molecule has 8 heteroatoms. The number of amides is 1. The topological polar surface area (TPSA) is 92.1 Å². The van der Waals surface area contributed by atoms with Crippen molar-refractivity contribution in [1.82, 2.24) is 10.5 Å². The standard InChI is InChI=1S/C21H20N2O6/c1-25-16-3-2-4-17(11-16)28-13-21(24)22-12-15-10-19(29-23-15)14-5-6-18-20(9-14)27-8-7-26-18/h2-6,9-11H,7-8,12-13H2,1H3,(H,22,24). The molecular formula is C21H20N2O6.